The predicted octanol–water partition coefficient (Wildman–Crippen LogP) is 3.67. The molecule has 1 aromatic carbocycles. The van der Waals surface area contributed by atoms with Gasteiger partial charge in [0, 0.05) is 36.3 Å². The summed E-state index contributed by atoms with van der Waals surface area (Å²) < 4.78 is 25.9. The molecule has 1 aliphatic rings. The van der Waals surface area contributed by atoms with E-state index in [1.807, 2.05) is 12.1 Å². The standard InChI is InChI=1S/C17H19F2N3O/c1-10(2)11-3-5-12(6-4-11)17(23)22-8-7-14-13(9-22)15(16(18)19)21-20-14/h3-6,10,16H,7-9H2,1-2H3,(H,20,21). The minimum atomic E-state index is -2.63. The summed E-state index contributed by atoms with van der Waals surface area (Å²) in [6.45, 7) is 4.86. The van der Waals surface area contributed by atoms with E-state index in [4.69, 9.17) is 0 Å². The predicted molar refractivity (Wildman–Crippen MR) is 82.5 cm³/mol. The molecule has 0 bridgehead atoms. The Morgan fingerprint density at radius 2 is 1.96 bits per heavy atom. The highest BCUT2D eigenvalue weighted by atomic mass is 19.3. The lowest BCUT2D eigenvalue weighted by Crippen LogP contribution is -2.36. The second kappa shape index (κ2) is 6.10. The first-order valence-electron chi connectivity index (χ1n) is 7.70. The molecule has 3 rings (SSSR count). The van der Waals surface area contributed by atoms with E-state index < -0.39 is 6.43 Å². The van der Waals surface area contributed by atoms with Crippen molar-refractivity contribution in [2.75, 3.05) is 6.54 Å². The highest BCUT2D eigenvalue weighted by molar-refractivity contribution is 5.94. The summed E-state index contributed by atoms with van der Waals surface area (Å²) in [5.41, 5.74) is 2.67. The van der Waals surface area contributed by atoms with E-state index >= 15 is 0 Å². The zero-order valence-corrected chi connectivity index (χ0v) is 13.1. The van der Waals surface area contributed by atoms with Gasteiger partial charge in [-0.1, -0.05) is 26.0 Å². The number of alkyl halides is 2. The Labute approximate surface area is 133 Å². The molecular weight excluding hydrogens is 300 g/mol. The van der Waals surface area contributed by atoms with Gasteiger partial charge >= 0.3 is 0 Å². The van der Waals surface area contributed by atoms with Crippen LogP contribution in [0.4, 0.5) is 8.78 Å². The summed E-state index contributed by atoms with van der Waals surface area (Å²) in [5, 5.41) is 6.34. The summed E-state index contributed by atoms with van der Waals surface area (Å²) in [4.78, 5) is 14.2. The molecule has 122 valence electrons. The average Bonchev–Trinajstić information content (AvgIpc) is 2.97. The molecule has 0 saturated heterocycles. The number of hydrogen-bond donors (Lipinski definition) is 1. The zero-order valence-electron chi connectivity index (χ0n) is 13.1. The lowest BCUT2D eigenvalue weighted by molar-refractivity contribution is 0.0729. The lowest BCUT2D eigenvalue weighted by atomic mass is 10.0. The topological polar surface area (TPSA) is 49.0 Å². The molecule has 0 spiro atoms. The summed E-state index contributed by atoms with van der Waals surface area (Å²) in [5.74, 6) is 0.267. The first kappa shape index (κ1) is 15.6. The van der Waals surface area contributed by atoms with E-state index in [2.05, 4.69) is 24.0 Å². The van der Waals surface area contributed by atoms with Crippen molar-refractivity contribution in [1.82, 2.24) is 15.1 Å². The average molecular weight is 319 g/mol. The van der Waals surface area contributed by atoms with Gasteiger partial charge in [-0.05, 0) is 23.6 Å². The molecule has 2 aromatic rings. The van der Waals surface area contributed by atoms with Gasteiger partial charge in [0.2, 0.25) is 0 Å². The molecule has 1 N–H and O–H groups in total. The number of fused-ring (bicyclic) bond motifs is 1. The Kier molecular flexibility index (Phi) is 4.15. The van der Waals surface area contributed by atoms with Crippen LogP contribution in [-0.2, 0) is 13.0 Å². The van der Waals surface area contributed by atoms with Gasteiger partial charge in [-0.15, -0.1) is 0 Å². The van der Waals surface area contributed by atoms with Crippen LogP contribution in [0.15, 0.2) is 24.3 Å². The smallest absolute Gasteiger partial charge is 0.282 e. The molecule has 6 heteroatoms. The Balaban J connectivity index is 1.80. The van der Waals surface area contributed by atoms with E-state index in [1.54, 1.807) is 17.0 Å². The first-order chi connectivity index (χ1) is 11.0. The SMILES string of the molecule is CC(C)c1ccc(C(=O)N2CCc3[nH]nc(C(F)F)c3C2)cc1. The number of halogens is 2. The van der Waals surface area contributed by atoms with Crippen LogP contribution in [0.3, 0.4) is 0 Å². The molecule has 1 aliphatic heterocycles. The first-order valence-corrected chi connectivity index (χ1v) is 7.70. The van der Waals surface area contributed by atoms with Crippen molar-refractivity contribution in [2.24, 2.45) is 0 Å². The molecular formula is C17H19F2N3O. The van der Waals surface area contributed by atoms with E-state index in [1.165, 1.54) is 0 Å². The van der Waals surface area contributed by atoms with Crippen molar-refractivity contribution in [2.45, 2.75) is 39.2 Å². The van der Waals surface area contributed by atoms with E-state index in [0.717, 1.165) is 5.56 Å². The van der Waals surface area contributed by atoms with Crippen LogP contribution in [0, 0.1) is 0 Å². The van der Waals surface area contributed by atoms with Gasteiger partial charge in [0.25, 0.3) is 12.3 Å². The molecule has 2 heterocycles. The Hall–Kier alpha value is -2.24. The summed E-state index contributed by atoms with van der Waals surface area (Å²) in [6, 6.07) is 7.48. The molecule has 1 amide bonds. The highest BCUT2D eigenvalue weighted by Crippen LogP contribution is 2.28. The van der Waals surface area contributed by atoms with Gasteiger partial charge in [0.1, 0.15) is 5.69 Å². The quantitative estimate of drug-likeness (QED) is 0.938. The zero-order chi connectivity index (χ0) is 16.6. The third-order valence-electron chi connectivity index (χ3n) is 4.28. The van der Waals surface area contributed by atoms with Crippen LogP contribution in [0.5, 0.6) is 0 Å². The maximum Gasteiger partial charge on any atom is 0.282 e. The minimum Gasteiger partial charge on any atom is -0.334 e. The second-order valence-electron chi connectivity index (χ2n) is 6.12. The van der Waals surface area contributed by atoms with Crippen molar-refractivity contribution in [1.29, 1.82) is 0 Å². The number of aromatic nitrogens is 2. The molecule has 0 atom stereocenters. The lowest BCUT2D eigenvalue weighted by Gasteiger charge is -2.27. The van der Waals surface area contributed by atoms with Crippen LogP contribution in [-0.4, -0.2) is 27.5 Å². The normalized spacial score (nSPS) is 14.4. The van der Waals surface area contributed by atoms with Crippen LogP contribution < -0.4 is 0 Å². The van der Waals surface area contributed by atoms with Crippen LogP contribution in [0.2, 0.25) is 0 Å². The maximum atomic E-state index is 13.0. The fourth-order valence-electron chi connectivity index (χ4n) is 2.86. The van der Waals surface area contributed by atoms with Gasteiger partial charge in [-0.2, -0.15) is 5.10 Å². The summed E-state index contributed by atoms with van der Waals surface area (Å²) in [7, 11) is 0. The number of carbonyl (C=O) groups excluding carboxylic acids is 1. The number of amides is 1. The number of carbonyl (C=O) groups is 1. The third kappa shape index (κ3) is 2.98. The van der Waals surface area contributed by atoms with Gasteiger partial charge < -0.3 is 4.90 Å². The number of benzene rings is 1. The fraction of sp³-hybridized carbons (Fsp3) is 0.412. The molecule has 0 radical (unpaired) electrons. The molecule has 4 nitrogen and oxygen atoms in total. The Morgan fingerprint density at radius 1 is 1.26 bits per heavy atom. The summed E-state index contributed by atoms with van der Waals surface area (Å²) >= 11 is 0. The van der Waals surface area contributed by atoms with Crippen molar-refractivity contribution in [3.63, 3.8) is 0 Å². The molecule has 23 heavy (non-hydrogen) atoms. The highest BCUT2D eigenvalue weighted by Gasteiger charge is 2.28. The monoisotopic (exact) mass is 319 g/mol. The number of nitrogens with one attached hydrogen (secondary N) is 1. The van der Waals surface area contributed by atoms with Gasteiger partial charge in [0.05, 0.1) is 0 Å². The number of hydrogen-bond acceptors (Lipinski definition) is 2. The summed E-state index contributed by atoms with van der Waals surface area (Å²) in [6.07, 6.45) is -2.11. The number of aromatic amines is 1. The van der Waals surface area contributed by atoms with Crippen LogP contribution in [0.1, 0.15) is 59.1 Å². The van der Waals surface area contributed by atoms with E-state index in [0.29, 0.717) is 35.7 Å². The van der Waals surface area contributed by atoms with Crippen LogP contribution >= 0.6 is 0 Å². The Morgan fingerprint density at radius 3 is 2.57 bits per heavy atom. The minimum absolute atomic E-state index is 0.132. The third-order valence-corrected chi connectivity index (χ3v) is 4.28. The van der Waals surface area contributed by atoms with Gasteiger partial charge in [-0.25, -0.2) is 8.78 Å². The van der Waals surface area contributed by atoms with Gasteiger partial charge in [-0.3, -0.25) is 9.89 Å². The van der Waals surface area contributed by atoms with Crippen molar-refractivity contribution >= 4 is 5.91 Å². The second-order valence-corrected chi connectivity index (χ2v) is 6.12. The van der Waals surface area contributed by atoms with Crippen molar-refractivity contribution in [3.8, 4) is 0 Å². The Bertz CT molecular complexity index is 707. The van der Waals surface area contributed by atoms with Crippen molar-refractivity contribution < 1.29 is 13.6 Å². The maximum absolute atomic E-state index is 13.0. The number of nitrogens with zero attached hydrogens (tertiary/aromatic N) is 2. The molecule has 0 unspecified atom stereocenters. The molecule has 0 fully saturated rings. The van der Waals surface area contributed by atoms with Gasteiger partial charge in [0.15, 0.2) is 0 Å². The fourth-order valence-corrected chi connectivity index (χ4v) is 2.86. The van der Waals surface area contributed by atoms with Crippen LogP contribution in [0.25, 0.3) is 0 Å². The van der Waals surface area contributed by atoms with E-state index in [9.17, 15) is 13.6 Å². The van der Waals surface area contributed by atoms with Crippen molar-refractivity contribution in [3.05, 3.63) is 52.3 Å². The molecule has 0 saturated carbocycles. The molecule has 0 aliphatic carbocycles. The largest absolute Gasteiger partial charge is 0.334 e. The van der Waals surface area contributed by atoms with E-state index in [-0.39, 0.29) is 18.1 Å². The number of H-pyrrole nitrogens is 1. The number of rotatable bonds is 3. The molecule has 1 aromatic heterocycles.